The molecule has 0 unspecified atom stereocenters. The highest BCUT2D eigenvalue weighted by Gasteiger charge is 2.41. The van der Waals surface area contributed by atoms with Gasteiger partial charge in [-0.3, -0.25) is 9.59 Å². The van der Waals surface area contributed by atoms with Crippen molar-refractivity contribution in [2.45, 2.75) is 126 Å². The van der Waals surface area contributed by atoms with Gasteiger partial charge in [-0.2, -0.15) is 8.61 Å². The zero-order valence-electron chi connectivity index (χ0n) is 34.9. The lowest BCUT2D eigenvalue weighted by molar-refractivity contribution is -0.143. The van der Waals surface area contributed by atoms with Gasteiger partial charge in [-0.1, -0.05) is 111 Å². The molecule has 2 saturated carbocycles. The molecule has 2 saturated heterocycles. The van der Waals surface area contributed by atoms with E-state index in [0.717, 1.165) is 60.1 Å². The second kappa shape index (κ2) is 20.0. The molecule has 320 valence electrons. The van der Waals surface area contributed by atoms with Crippen molar-refractivity contribution in [3.63, 3.8) is 0 Å². The molecular formula is C46H61ClN4O6S2. The maximum atomic E-state index is 13.5. The zero-order valence-corrected chi connectivity index (χ0v) is 37.3. The molecule has 4 aromatic rings. The van der Waals surface area contributed by atoms with E-state index in [1.165, 1.54) is 25.7 Å². The third-order valence-corrected chi connectivity index (χ3v) is 16.4. The number of amides is 1. The van der Waals surface area contributed by atoms with Crippen LogP contribution in [-0.2, 0) is 29.6 Å². The molecule has 4 fully saturated rings. The fraction of sp³-hybridized carbons (Fsp3) is 0.522. The van der Waals surface area contributed by atoms with Gasteiger partial charge in [0.1, 0.15) is 0 Å². The third kappa shape index (κ3) is 10.7. The summed E-state index contributed by atoms with van der Waals surface area (Å²) in [7, 11) is -7.09. The van der Waals surface area contributed by atoms with E-state index in [1.807, 2.05) is 99.3 Å². The predicted molar refractivity (Wildman–Crippen MR) is 237 cm³/mol. The summed E-state index contributed by atoms with van der Waals surface area (Å²) in [6, 6.07) is 26.1. The molecule has 8 rings (SSSR count). The molecule has 1 amide bonds. The van der Waals surface area contributed by atoms with Crippen LogP contribution < -0.4 is 5.32 Å². The van der Waals surface area contributed by atoms with Gasteiger partial charge in [0.15, 0.2) is 0 Å². The molecule has 4 atom stereocenters. The van der Waals surface area contributed by atoms with Gasteiger partial charge < -0.3 is 10.2 Å². The second-order valence-corrected chi connectivity index (χ2v) is 21.2. The van der Waals surface area contributed by atoms with Crippen LogP contribution in [0.2, 0.25) is 0 Å². The number of halogens is 1. The Bertz CT molecular complexity index is 2260. The van der Waals surface area contributed by atoms with Gasteiger partial charge in [-0.05, 0) is 87.9 Å². The summed E-state index contributed by atoms with van der Waals surface area (Å²) in [5, 5.41) is 6.64. The van der Waals surface area contributed by atoms with Crippen molar-refractivity contribution in [3.8, 4) is 0 Å². The van der Waals surface area contributed by atoms with Crippen LogP contribution in [-0.4, -0.2) is 91.8 Å². The number of carbonyl (C=O) groups excluding carboxylic acids is 2. The zero-order chi connectivity index (χ0) is 42.3. The summed E-state index contributed by atoms with van der Waals surface area (Å²) in [5.41, 5.74) is 0. The monoisotopic (exact) mass is 864 g/mol. The number of piperazine rings is 2. The van der Waals surface area contributed by atoms with E-state index in [1.54, 1.807) is 26.8 Å². The number of hydrogen-bond acceptors (Lipinski definition) is 7. The molecule has 4 aliphatic rings. The van der Waals surface area contributed by atoms with E-state index in [9.17, 15) is 26.4 Å². The third-order valence-electron chi connectivity index (χ3n) is 12.3. The minimum absolute atomic E-state index is 0.106. The standard InChI is InChI=1S/C23H30N2O3S.C16H20N2O2S.C7H11ClO/c1-17-15-24(16-18(2)25(17)23(26)20-10-4-3-5-11-20)29(27,28)22-14-8-12-19-9-6-7-13-21(19)22;1-12-10-18(11-13(2)17-12)21(19,20)16-9-5-7-14-6-3-4-8-15(14)16;8-7(9)6-4-2-1-3-5-6/h6-9,12-14,17-18,20H,3-5,10-11,15-16H2,1-2H3;3-9,12-13,17H,10-11H2,1-2H3;6H,1-5H2/t17-,18+;12-,13+;. The number of nitrogens with zero attached hydrogens (tertiary/aromatic N) is 3. The molecule has 0 radical (unpaired) electrons. The Morgan fingerprint density at radius 2 is 0.932 bits per heavy atom. The highest BCUT2D eigenvalue weighted by atomic mass is 35.5. The second-order valence-electron chi connectivity index (χ2n) is 17.0. The molecule has 2 aliphatic heterocycles. The summed E-state index contributed by atoms with van der Waals surface area (Å²) in [6.45, 7) is 9.68. The van der Waals surface area contributed by atoms with E-state index < -0.39 is 20.0 Å². The van der Waals surface area contributed by atoms with Crippen molar-refractivity contribution in [1.82, 2.24) is 18.8 Å². The molecule has 4 aromatic carbocycles. The molecule has 2 aliphatic carbocycles. The predicted octanol–water partition coefficient (Wildman–Crippen LogP) is 8.57. The Balaban J connectivity index is 0.000000169. The molecule has 10 nitrogen and oxygen atoms in total. The summed E-state index contributed by atoms with van der Waals surface area (Å²) >= 11 is 5.32. The SMILES string of the molecule is C[C@@H]1CN(S(=O)(=O)c2cccc3ccccc23)C[C@H](C)N1.C[C@@H]1CN(S(=O)(=O)c2cccc3ccccc23)C[C@H](C)N1C(=O)C1CCCCC1.O=C(Cl)C1CCCCC1. The molecule has 13 heteroatoms. The van der Waals surface area contributed by atoms with Gasteiger partial charge in [-0.25, -0.2) is 16.8 Å². The molecule has 0 aromatic heterocycles. The first kappa shape index (κ1) is 45.1. The smallest absolute Gasteiger partial charge is 0.243 e. The maximum Gasteiger partial charge on any atom is 0.243 e. The van der Waals surface area contributed by atoms with Gasteiger partial charge in [0.05, 0.1) is 9.79 Å². The van der Waals surface area contributed by atoms with Crippen LogP contribution in [0.25, 0.3) is 21.5 Å². The fourth-order valence-electron chi connectivity index (χ4n) is 9.39. The van der Waals surface area contributed by atoms with Crippen LogP contribution in [0, 0.1) is 11.8 Å². The summed E-state index contributed by atoms with van der Waals surface area (Å²) < 4.78 is 56.1. The first-order valence-electron chi connectivity index (χ1n) is 21.4. The summed E-state index contributed by atoms with van der Waals surface area (Å²) in [4.78, 5) is 26.4. The lowest BCUT2D eigenvalue weighted by atomic mass is 9.87. The van der Waals surface area contributed by atoms with Crippen molar-refractivity contribution < 1.29 is 26.4 Å². The lowest BCUT2D eigenvalue weighted by Crippen LogP contribution is -2.60. The highest BCUT2D eigenvalue weighted by Crippen LogP contribution is 2.32. The van der Waals surface area contributed by atoms with Crippen LogP contribution >= 0.6 is 11.6 Å². The van der Waals surface area contributed by atoms with E-state index in [4.69, 9.17) is 11.6 Å². The van der Waals surface area contributed by atoms with E-state index >= 15 is 0 Å². The lowest BCUT2D eigenvalue weighted by Gasteiger charge is -2.45. The topological polar surface area (TPSA) is 124 Å². The van der Waals surface area contributed by atoms with Gasteiger partial charge in [0, 0.05) is 73.0 Å². The first-order chi connectivity index (χ1) is 28.2. The van der Waals surface area contributed by atoms with Crippen LogP contribution in [0.15, 0.2) is 94.7 Å². The number of benzene rings is 4. The number of hydrogen-bond donors (Lipinski definition) is 1. The highest BCUT2D eigenvalue weighted by molar-refractivity contribution is 7.89. The number of rotatable bonds is 6. The normalized spacial score (nSPS) is 24.1. The van der Waals surface area contributed by atoms with Gasteiger partial charge in [0.25, 0.3) is 0 Å². The molecule has 0 bridgehead atoms. The number of nitrogens with one attached hydrogen (secondary N) is 1. The average Bonchev–Trinajstić information content (AvgIpc) is 3.23. The Morgan fingerprint density at radius 1 is 0.542 bits per heavy atom. The molecular weight excluding hydrogens is 804 g/mol. The summed E-state index contributed by atoms with van der Waals surface area (Å²) in [5.74, 6) is 0.502. The van der Waals surface area contributed by atoms with Crippen molar-refractivity contribution >= 4 is 64.3 Å². The van der Waals surface area contributed by atoms with Crippen molar-refractivity contribution in [1.29, 1.82) is 0 Å². The quantitative estimate of drug-likeness (QED) is 0.193. The van der Waals surface area contributed by atoms with Crippen LogP contribution in [0.4, 0.5) is 0 Å². The maximum absolute atomic E-state index is 13.5. The Morgan fingerprint density at radius 3 is 1.36 bits per heavy atom. The minimum atomic E-state index is -3.63. The first-order valence-corrected chi connectivity index (χ1v) is 24.7. The fourth-order valence-corrected chi connectivity index (χ4v) is 13.3. The summed E-state index contributed by atoms with van der Waals surface area (Å²) in [6.07, 6.45) is 11.1. The van der Waals surface area contributed by atoms with E-state index in [-0.39, 0.29) is 47.2 Å². The van der Waals surface area contributed by atoms with Gasteiger partial charge in [0.2, 0.25) is 31.2 Å². The van der Waals surface area contributed by atoms with Crippen molar-refractivity contribution in [2.24, 2.45) is 11.8 Å². The Labute approximate surface area is 356 Å². The molecule has 1 N–H and O–H groups in total. The van der Waals surface area contributed by atoms with Crippen molar-refractivity contribution in [3.05, 3.63) is 84.9 Å². The molecule has 0 spiro atoms. The van der Waals surface area contributed by atoms with Crippen LogP contribution in [0.1, 0.15) is 91.9 Å². The van der Waals surface area contributed by atoms with Gasteiger partial charge in [-0.15, -0.1) is 0 Å². The van der Waals surface area contributed by atoms with Gasteiger partial charge >= 0.3 is 0 Å². The number of sulfonamides is 2. The minimum Gasteiger partial charge on any atom is -0.334 e. The van der Waals surface area contributed by atoms with Crippen molar-refractivity contribution in [2.75, 3.05) is 26.2 Å². The van der Waals surface area contributed by atoms with Crippen LogP contribution in [0.3, 0.4) is 0 Å². The largest absolute Gasteiger partial charge is 0.334 e. The Hall–Kier alpha value is -3.39. The van der Waals surface area contributed by atoms with E-state index in [0.29, 0.717) is 36.0 Å². The van der Waals surface area contributed by atoms with E-state index in [2.05, 4.69) is 5.32 Å². The molecule has 59 heavy (non-hydrogen) atoms. The average molecular weight is 866 g/mol. The molecule has 2 heterocycles. The number of fused-ring (bicyclic) bond motifs is 2. The van der Waals surface area contributed by atoms with Crippen LogP contribution in [0.5, 0.6) is 0 Å². The number of carbonyl (C=O) groups is 2. The Kier molecular flexibility index (Phi) is 15.3.